The third-order valence-electron chi connectivity index (χ3n) is 5.86. The quantitative estimate of drug-likeness (QED) is 0.595. The molecule has 2 aromatic carbocycles. The predicted octanol–water partition coefficient (Wildman–Crippen LogP) is 6.04. The topological polar surface area (TPSA) is 6.48 Å². The molecule has 1 atom stereocenters. The van der Waals surface area contributed by atoms with Crippen LogP contribution in [0.4, 0.5) is 24.5 Å². The molecule has 1 aliphatic heterocycles. The fourth-order valence-electron chi connectivity index (χ4n) is 4.26. The van der Waals surface area contributed by atoms with E-state index in [1.165, 1.54) is 25.0 Å². The second kappa shape index (κ2) is 7.43. The molecule has 5 heteroatoms. The molecule has 28 heavy (non-hydrogen) atoms. The lowest BCUT2D eigenvalue weighted by Crippen LogP contribution is -2.28. The molecule has 0 N–H and O–H groups in total. The van der Waals surface area contributed by atoms with Crippen LogP contribution in [0.1, 0.15) is 48.3 Å². The number of alkyl halides is 3. The van der Waals surface area contributed by atoms with Crippen molar-refractivity contribution in [1.29, 1.82) is 0 Å². The van der Waals surface area contributed by atoms with Gasteiger partial charge in [0.05, 0.1) is 5.56 Å². The summed E-state index contributed by atoms with van der Waals surface area (Å²) in [6, 6.07) is 12.6. The van der Waals surface area contributed by atoms with E-state index in [1.807, 2.05) is 26.2 Å². The Morgan fingerprint density at radius 2 is 1.71 bits per heavy atom. The zero-order chi connectivity index (χ0) is 19.9. The number of para-hydroxylation sites is 1. The van der Waals surface area contributed by atoms with E-state index < -0.39 is 11.7 Å². The lowest BCUT2D eigenvalue weighted by Gasteiger charge is -2.38. The molecule has 0 amide bonds. The van der Waals surface area contributed by atoms with E-state index in [9.17, 15) is 13.2 Å². The summed E-state index contributed by atoms with van der Waals surface area (Å²) < 4.78 is 40.3. The Morgan fingerprint density at radius 3 is 2.39 bits per heavy atom. The van der Waals surface area contributed by atoms with Crippen molar-refractivity contribution in [3.05, 3.63) is 59.2 Å². The van der Waals surface area contributed by atoms with Gasteiger partial charge in [0.1, 0.15) is 0 Å². The van der Waals surface area contributed by atoms with Crippen LogP contribution in [0, 0.1) is 5.92 Å². The molecule has 2 aliphatic rings. The standard InChI is InChI=1S/C23H27F3N2/c1-27(2)13-5-7-18-19-6-3-4-8-21(19)28(15-16-9-10-16)22-12-11-17(14-20(18)22)23(24,25)26/h3-4,6,8,11-12,14,16,18H,5,7,9-10,13,15H2,1-2H3. The van der Waals surface area contributed by atoms with Gasteiger partial charge in [-0.25, -0.2) is 0 Å². The monoisotopic (exact) mass is 388 g/mol. The average molecular weight is 388 g/mol. The maximum absolute atomic E-state index is 13.4. The van der Waals surface area contributed by atoms with E-state index in [4.69, 9.17) is 0 Å². The average Bonchev–Trinajstić information content (AvgIpc) is 3.46. The number of fused-ring (bicyclic) bond motifs is 2. The second-order valence-electron chi connectivity index (χ2n) is 8.38. The largest absolute Gasteiger partial charge is 0.416 e. The van der Waals surface area contributed by atoms with Gasteiger partial charge in [-0.15, -0.1) is 0 Å². The Balaban J connectivity index is 1.78. The maximum atomic E-state index is 13.4. The van der Waals surface area contributed by atoms with Gasteiger partial charge in [0.2, 0.25) is 0 Å². The third kappa shape index (κ3) is 3.90. The number of hydrogen-bond donors (Lipinski definition) is 0. The minimum Gasteiger partial charge on any atom is -0.341 e. The van der Waals surface area contributed by atoms with Gasteiger partial charge >= 0.3 is 6.18 Å². The zero-order valence-electron chi connectivity index (χ0n) is 16.5. The van der Waals surface area contributed by atoms with Crippen LogP contribution < -0.4 is 4.90 Å². The molecule has 150 valence electrons. The van der Waals surface area contributed by atoms with Gasteiger partial charge in [0.25, 0.3) is 0 Å². The van der Waals surface area contributed by atoms with E-state index in [0.717, 1.165) is 48.4 Å². The highest BCUT2D eigenvalue weighted by Crippen LogP contribution is 2.50. The fraction of sp³-hybridized carbons (Fsp3) is 0.478. The summed E-state index contributed by atoms with van der Waals surface area (Å²) in [4.78, 5) is 4.38. The van der Waals surface area contributed by atoms with Crippen LogP contribution in [-0.2, 0) is 6.18 Å². The van der Waals surface area contributed by atoms with Crippen molar-refractivity contribution in [3.63, 3.8) is 0 Å². The Bertz CT molecular complexity index is 840. The fourth-order valence-corrected chi connectivity index (χ4v) is 4.26. The van der Waals surface area contributed by atoms with E-state index in [0.29, 0.717) is 5.92 Å². The molecule has 1 saturated carbocycles. The first-order valence-corrected chi connectivity index (χ1v) is 10.1. The second-order valence-corrected chi connectivity index (χ2v) is 8.38. The molecular formula is C23H27F3N2. The Kier molecular flexibility index (Phi) is 5.13. The summed E-state index contributed by atoms with van der Waals surface area (Å²) in [6.45, 7) is 1.82. The predicted molar refractivity (Wildman–Crippen MR) is 107 cm³/mol. The third-order valence-corrected chi connectivity index (χ3v) is 5.86. The highest BCUT2D eigenvalue weighted by molar-refractivity contribution is 5.76. The van der Waals surface area contributed by atoms with Gasteiger partial charge in [-0.3, -0.25) is 0 Å². The number of nitrogens with zero attached hydrogens (tertiary/aromatic N) is 2. The molecule has 4 rings (SSSR count). The first kappa shape index (κ1) is 19.3. The Labute approximate surface area is 165 Å². The first-order chi connectivity index (χ1) is 13.3. The normalized spacial score (nSPS) is 18.9. The number of rotatable bonds is 6. The van der Waals surface area contributed by atoms with Crippen LogP contribution in [0.2, 0.25) is 0 Å². The molecule has 1 fully saturated rings. The van der Waals surface area contributed by atoms with Crippen LogP contribution in [0.3, 0.4) is 0 Å². The van der Waals surface area contributed by atoms with Crippen LogP contribution in [0.15, 0.2) is 42.5 Å². The summed E-state index contributed by atoms with van der Waals surface area (Å²) in [6.07, 6.45) is -0.103. The smallest absolute Gasteiger partial charge is 0.341 e. The lowest BCUT2D eigenvalue weighted by molar-refractivity contribution is -0.137. The number of benzene rings is 2. The van der Waals surface area contributed by atoms with Crippen molar-refractivity contribution in [2.75, 3.05) is 32.1 Å². The summed E-state index contributed by atoms with van der Waals surface area (Å²) in [5.41, 5.74) is 3.56. The van der Waals surface area contributed by atoms with Crippen molar-refractivity contribution in [2.24, 2.45) is 5.92 Å². The SMILES string of the molecule is CN(C)CCCC1c2ccccc2N(CC2CC2)c2ccc(C(F)(F)F)cc21. The number of anilines is 2. The van der Waals surface area contributed by atoms with Crippen molar-refractivity contribution in [2.45, 2.75) is 37.8 Å². The van der Waals surface area contributed by atoms with Crippen LogP contribution in [0.25, 0.3) is 0 Å². The molecule has 1 unspecified atom stereocenters. The molecule has 0 radical (unpaired) electrons. The summed E-state index contributed by atoms with van der Waals surface area (Å²) in [7, 11) is 4.06. The molecular weight excluding hydrogens is 361 g/mol. The molecule has 0 spiro atoms. The van der Waals surface area contributed by atoms with E-state index in [-0.39, 0.29) is 5.92 Å². The zero-order valence-corrected chi connectivity index (χ0v) is 16.5. The Hall–Kier alpha value is -2.01. The van der Waals surface area contributed by atoms with Gasteiger partial charge in [0.15, 0.2) is 0 Å². The van der Waals surface area contributed by atoms with Gasteiger partial charge in [-0.2, -0.15) is 13.2 Å². The summed E-state index contributed by atoms with van der Waals surface area (Å²) in [5.74, 6) is 0.650. The van der Waals surface area contributed by atoms with Crippen molar-refractivity contribution >= 4 is 11.4 Å². The lowest BCUT2D eigenvalue weighted by atomic mass is 9.81. The summed E-state index contributed by atoms with van der Waals surface area (Å²) in [5, 5.41) is 0. The molecule has 1 aliphatic carbocycles. The van der Waals surface area contributed by atoms with Crippen molar-refractivity contribution < 1.29 is 13.2 Å². The highest BCUT2D eigenvalue weighted by atomic mass is 19.4. The molecule has 0 bridgehead atoms. The van der Waals surface area contributed by atoms with Crippen LogP contribution in [0.5, 0.6) is 0 Å². The van der Waals surface area contributed by atoms with Crippen LogP contribution in [-0.4, -0.2) is 32.1 Å². The maximum Gasteiger partial charge on any atom is 0.416 e. The van der Waals surface area contributed by atoms with E-state index >= 15 is 0 Å². The van der Waals surface area contributed by atoms with E-state index in [1.54, 1.807) is 6.07 Å². The molecule has 2 aromatic rings. The van der Waals surface area contributed by atoms with Crippen LogP contribution >= 0.6 is 0 Å². The number of hydrogen-bond acceptors (Lipinski definition) is 2. The van der Waals surface area contributed by atoms with Gasteiger partial charge in [-0.1, -0.05) is 18.2 Å². The Morgan fingerprint density at radius 1 is 1.00 bits per heavy atom. The van der Waals surface area contributed by atoms with Crippen molar-refractivity contribution in [1.82, 2.24) is 4.90 Å². The minimum absolute atomic E-state index is 0.00361. The molecule has 0 aromatic heterocycles. The molecule has 0 saturated heterocycles. The van der Waals surface area contributed by atoms with E-state index in [2.05, 4.69) is 21.9 Å². The minimum atomic E-state index is -4.32. The first-order valence-electron chi connectivity index (χ1n) is 10.1. The molecule has 2 nitrogen and oxygen atoms in total. The summed E-state index contributed by atoms with van der Waals surface area (Å²) >= 11 is 0. The molecule has 1 heterocycles. The highest BCUT2D eigenvalue weighted by Gasteiger charge is 2.37. The van der Waals surface area contributed by atoms with Gasteiger partial charge < -0.3 is 9.80 Å². The van der Waals surface area contributed by atoms with Crippen molar-refractivity contribution in [3.8, 4) is 0 Å². The number of halogens is 3. The van der Waals surface area contributed by atoms with Gasteiger partial charge in [0, 0.05) is 23.8 Å². The van der Waals surface area contributed by atoms with Gasteiger partial charge in [-0.05, 0) is 87.6 Å².